The first-order valence-electron chi connectivity index (χ1n) is 15.2. The van der Waals surface area contributed by atoms with Crippen molar-refractivity contribution < 1.29 is 26.9 Å². The zero-order valence-electron chi connectivity index (χ0n) is 24.8. The number of ether oxygens (including phenoxy) is 1. The van der Waals surface area contributed by atoms with Crippen molar-refractivity contribution in [2.45, 2.75) is 110 Å². The molecule has 3 saturated carbocycles. The summed E-state index contributed by atoms with van der Waals surface area (Å²) in [6.45, 7) is 10.6. The minimum atomic E-state index is -3.76. The third-order valence-corrected chi connectivity index (χ3v) is 12.5. The second kappa shape index (κ2) is 11.0. The van der Waals surface area contributed by atoms with Crippen LogP contribution in [0, 0.1) is 41.4 Å². The van der Waals surface area contributed by atoms with E-state index < -0.39 is 10.1 Å². The van der Waals surface area contributed by atoms with Gasteiger partial charge in [-0.25, -0.2) is 0 Å². The second-order valence-corrected chi connectivity index (χ2v) is 15.2. The average Bonchev–Trinajstić information content (AvgIpc) is 3.17. The maximum atomic E-state index is 13.6. The van der Waals surface area contributed by atoms with E-state index >= 15 is 0 Å². The van der Waals surface area contributed by atoms with Crippen LogP contribution in [-0.4, -0.2) is 32.9 Å². The van der Waals surface area contributed by atoms with Crippen LogP contribution in [0.2, 0.25) is 0 Å². The number of fused-ring (bicyclic) bond motifs is 4. The van der Waals surface area contributed by atoms with Crippen molar-refractivity contribution in [2.24, 2.45) is 34.5 Å². The van der Waals surface area contributed by atoms with Gasteiger partial charge in [0.25, 0.3) is 10.1 Å². The zero-order valence-corrected chi connectivity index (χ0v) is 25.6. The summed E-state index contributed by atoms with van der Waals surface area (Å²) in [7, 11) is -3.76. The fourth-order valence-corrected chi connectivity index (χ4v) is 9.99. The lowest BCUT2D eigenvalue weighted by atomic mass is 9.48. The van der Waals surface area contributed by atoms with Crippen LogP contribution in [0.3, 0.4) is 0 Å². The van der Waals surface area contributed by atoms with E-state index in [0.29, 0.717) is 36.4 Å². The standard InChI is InChI=1S/C33H46O6S/c1-21-8-11-26(12-9-21)40(36,37)38-18-6-7-22(2)29-20-30(35)31-27-13-10-24-19-25(39-23(3)34)14-16-32(24,4)28(27)15-17-33(29,31)5/h8-9,11-12,22,24-25,28-29H,6-7,10,13-20H2,1-5H3/t22-,24+,25?,28+,29-,32+,33-/m1/s1. The van der Waals surface area contributed by atoms with E-state index in [9.17, 15) is 18.0 Å². The molecule has 6 nitrogen and oxygen atoms in total. The molecule has 5 rings (SSSR count). The van der Waals surface area contributed by atoms with E-state index in [1.165, 1.54) is 12.5 Å². The topological polar surface area (TPSA) is 86.7 Å². The maximum absolute atomic E-state index is 13.6. The molecule has 0 aliphatic heterocycles. The highest BCUT2D eigenvalue weighted by atomic mass is 32.2. The van der Waals surface area contributed by atoms with Crippen LogP contribution in [0.25, 0.3) is 0 Å². The molecule has 4 aliphatic carbocycles. The van der Waals surface area contributed by atoms with Crippen molar-refractivity contribution in [2.75, 3.05) is 6.61 Å². The number of benzene rings is 1. The summed E-state index contributed by atoms with van der Waals surface area (Å²) in [6.07, 6.45) is 9.23. The van der Waals surface area contributed by atoms with Gasteiger partial charge in [-0.15, -0.1) is 0 Å². The van der Waals surface area contributed by atoms with Gasteiger partial charge in [0, 0.05) is 18.9 Å². The van der Waals surface area contributed by atoms with Crippen LogP contribution in [0.5, 0.6) is 0 Å². The number of aryl methyl sites for hydroxylation is 1. The highest BCUT2D eigenvalue weighted by Gasteiger charge is 2.58. The van der Waals surface area contributed by atoms with Crippen LogP contribution in [-0.2, 0) is 28.6 Å². The number of carbonyl (C=O) groups excluding carboxylic acids is 2. The molecule has 0 radical (unpaired) electrons. The average molecular weight is 571 g/mol. The van der Waals surface area contributed by atoms with E-state index in [-0.39, 0.29) is 40.3 Å². The van der Waals surface area contributed by atoms with Crippen LogP contribution in [0.1, 0.15) is 97.5 Å². The minimum Gasteiger partial charge on any atom is -0.463 e. The highest BCUT2D eigenvalue weighted by Crippen LogP contribution is 2.65. The molecule has 0 aromatic heterocycles. The maximum Gasteiger partial charge on any atom is 0.302 e. The Bertz CT molecular complexity index is 1280. The van der Waals surface area contributed by atoms with E-state index in [1.54, 1.807) is 24.3 Å². The molecule has 1 aromatic carbocycles. The lowest BCUT2D eigenvalue weighted by Crippen LogP contribution is -2.49. The number of rotatable bonds is 8. The highest BCUT2D eigenvalue weighted by molar-refractivity contribution is 7.86. The zero-order chi connectivity index (χ0) is 28.9. The number of hydrogen-bond donors (Lipinski definition) is 0. The summed E-state index contributed by atoms with van der Waals surface area (Å²) in [5, 5.41) is 0. The molecule has 220 valence electrons. The lowest BCUT2D eigenvalue weighted by molar-refractivity contribution is -0.152. The molecule has 7 atom stereocenters. The van der Waals surface area contributed by atoms with Gasteiger partial charge >= 0.3 is 5.97 Å². The molecule has 4 aliphatic rings. The third-order valence-electron chi connectivity index (χ3n) is 11.2. The van der Waals surface area contributed by atoms with Crippen LogP contribution >= 0.6 is 0 Å². The first-order valence-corrected chi connectivity index (χ1v) is 16.7. The Hall–Kier alpha value is -1.99. The summed E-state index contributed by atoms with van der Waals surface area (Å²) < 4.78 is 36.1. The van der Waals surface area contributed by atoms with Crippen LogP contribution < -0.4 is 0 Å². The lowest BCUT2D eigenvalue weighted by Gasteiger charge is -2.56. The molecule has 40 heavy (non-hydrogen) atoms. The molecule has 3 fully saturated rings. The number of allylic oxidation sites excluding steroid dienone is 2. The Labute approximate surface area is 240 Å². The van der Waals surface area contributed by atoms with Crippen LogP contribution in [0.15, 0.2) is 40.3 Å². The van der Waals surface area contributed by atoms with Crippen molar-refractivity contribution in [1.29, 1.82) is 0 Å². The molecule has 7 heteroatoms. The van der Waals surface area contributed by atoms with Gasteiger partial charge in [0.1, 0.15) is 6.10 Å². The molecule has 0 saturated heterocycles. The molecule has 0 amide bonds. The van der Waals surface area contributed by atoms with Gasteiger partial charge in [-0.3, -0.25) is 13.8 Å². The number of esters is 1. The van der Waals surface area contributed by atoms with Gasteiger partial charge in [-0.05, 0) is 111 Å². The van der Waals surface area contributed by atoms with E-state index in [0.717, 1.165) is 62.5 Å². The normalized spacial score (nSPS) is 34.6. The minimum absolute atomic E-state index is 0.0350. The second-order valence-electron chi connectivity index (χ2n) is 13.6. The Kier molecular flexibility index (Phi) is 8.12. The van der Waals surface area contributed by atoms with Crippen molar-refractivity contribution in [3.05, 3.63) is 41.0 Å². The first-order chi connectivity index (χ1) is 18.8. The number of Topliss-reactive ketones (excluding diaryl/α,β-unsaturated/α-hetero) is 1. The third kappa shape index (κ3) is 5.33. The summed E-state index contributed by atoms with van der Waals surface area (Å²) in [5.41, 5.74) is 3.65. The molecule has 0 bridgehead atoms. The monoisotopic (exact) mass is 570 g/mol. The van der Waals surface area contributed by atoms with E-state index in [2.05, 4.69) is 20.8 Å². The SMILES string of the molecule is CC(=O)OC1CC[C@@]2(C)[C@@H](CCC3=C4C(=O)C[C@H]([C@H](C)CCCOS(=O)(=O)c5ccc(C)cc5)[C@@]4(C)CC[C@@H]32)C1. The fraction of sp³-hybridized carbons (Fsp3) is 0.697. The quantitative estimate of drug-likeness (QED) is 0.191. The summed E-state index contributed by atoms with van der Waals surface area (Å²) >= 11 is 0. The van der Waals surface area contributed by atoms with Crippen molar-refractivity contribution in [3.63, 3.8) is 0 Å². The predicted molar refractivity (Wildman–Crippen MR) is 154 cm³/mol. The molecule has 0 heterocycles. The first kappa shape index (κ1) is 29.5. The van der Waals surface area contributed by atoms with Gasteiger partial charge in [0.15, 0.2) is 5.78 Å². The summed E-state index contributed by atoms with van der Waals surface area (Å²) in [6, 6.07) is 6.72. The molecule has 0 spiro atoms. The molecule has 1 unspecified atom stereocenters. The largest absolute Gasteiger partial charge is 0.463 e. The van der Waals surface area contributed by atoms with E-state index in [1.807, 2.05) is 6.92 Å². The Morgan fingerprint density at radius 3 is 2.52 bits per heavy atom. The van der Waals surface area contributed by atoms with Gasteiger partial charge in [-0.2, -0.15) is 8.42 Å². The van der Waals surface area contributed by atoms with Crippen molar-refractivity contribution >= 4 is 21.9 Å². The number of carbonyl (C=O) groups is 2. The predicted octanol–water partition coefficient (Wildman–Crippen LogP) is 6.95. The van der Waals surface area contributed by atoms with Gasteiger partial charge in [-0.1, -0.05) is 44.0 Å². The van der Waals surface area contributed by atoms with Gasteiger partial charge in [0.05, 0.1) is 11.5 Å². The Balaban J connectivity index is 1.24. The summed E-state index contributed by atoms with van der Waals surface area (Å²) in [5.74, 6) is 1.73. The molecular formula is C33H46O6S. The Morgan fingerprint density at radius 1 is 1.10 bits per heavy atom. The summed E-state index contributed by atoms with van der Waals surface area (Å²) in [4.78, 5) is 25.4. The Morgan fingerprint density at radius 2 is 1.82 bits per heavy atom. The van der Waals surface area contributed by atoms with Gasteiger partial charge in [0.2, 0.25) is 0 Å². The van der Waals surface area contributed by atoms with Crippen molar-refractivity contribution in [3.8, 4) is 0 Å². The molecule has 0 N–H and O–H groups in total. The van der Waals surface area contributed by atoms with Crippen molar-refractivity contribution in [1.82, 2.24) is 0 Å². The molecular weight excluding hydrogens is 524 g/mol. The molecule has 1 aromatic rings. The van der Waals surface area contributed by atoms with Crippen LogP contribution in [0.4, 0.5) is 0 Å². The fourth-order valence-electron chi connectivity index (χ4n) is 9.04. The number of hydrogen-bond acceptors (Lipinski definition) is 6. The number of ketones is 1. The van der Waals surface area contributed by atoms with Gasteiger partial charge < -0.3 is 4.74 Å². The smallest absolute Gasteiger partial charge is 0.302 e. The van der Waals surface area contributed by atoms with E-state index in [4.69, 9.17) is 8.92 Å².